The summed E-state index contributed by atoms with van der Waals surface area (Å²) in [6, 6.07) is 25.7. The van der Waals surface area contributed by atoms with Crippen molar-refractivity contribution in [3.63, 3.8) is 0 Å². The first-order valence-electron chi connectivity index (χ1n) is 9.22. The molecule has 5 rings (SSSR count). The SMILES string of the molecule is O=C(Nc1cccc2cccc(-n3ccc4cc(Br)ccc43)c12)c1ccccn1. The number of benzene rings is 3. The summed E-state index contributed by atoms with van der Waals surface area (Å²) in [5, 5.41) is 6.22. The van der Waals surface area contributed by atoms with Crippen LogP contribution >= 0.6 is 15.9 Å². The zero-order valence-electron chi connectivity index (χ0n) is 15.3. The predicted octanol–water partition coefficient (Wildman–Crippen LogP) is 6.19. The third kappa shape index (κ3) is 3.19. The summed E-state index contributed by atoms with van der Waals surface area (Å²) in [6.07, 6.45) is 3.68. The van der Waals surface area contributed by atoms with Gasteiger partial charge in [0.1, 0.15) is 5.69 Å². The highest BCUT2D eigenvalue weighted by Gasteiger charge is 2.13. The van der Waals surface area contributed by atoms with Crippen LogP contribution < -0.4 is 5.32 Å². The Hall–Kier alpha value is -3.44. The van der Waals surface area contributed by atoms with Gasteiger partial charge in [0.2, 0.25) is 0 Å². The Morgan fingerprint density at radius 2 is 1.76 bits per heavy atom. The van der Waals surface area contributed by atoms with E-state index in [-0.39, 0.29) is 5.91 Å². The van der Waals surface area contributed by atoms with Crippen molar-refractivity contribution in [1.82, 2.24) is 9.55 Å². The molecule has 3 aromatic carbocycles. The Morgan fingerprint density at radius 1 is 0.897 bits per heavy atom. The third-order valence-corrected chi connectivity index (χ3v) is 5.43. The van der Waals surface area contributed by atoms with Crippen LogP contribution in [0.4, 0.5) is 5.69 Å². The molecule has 0 fully saturated rings. The van der Waals surface area contributed by atoms with E-state index in [4.69, 9.17) is 0 Å². The lowest BCUT2D eigenvalue weighted by Crippen LogP contribution is -2.14. The number of hydrogen-bond acceptors (Lipinski definition) is 2. The highest BCUT2D eigenvalue weighted by molar-refractivity contribution is 9.10. The molecule has 0 aliphatic heterocycles. The maximum absolute atomic E-state index is 12.7. The minimum absolute atomic E-state index is 0.228. The van der Waals surface area contributed by atoms with E-state index in [0.29, 0.717) is 5.69 Å². The third-order valence-electron chi connectivity index (χ3n) is 4.94. The van der Waals surface area contributed by atoms with E-state index in [9.17, 15) is 4.79 Å². The molecule has 140 valence electrons. The number of nitrogens with zero attached hydrogens (tertiary/aromatic N) is 2. The van der Waals surface area contributed by atoms with Gasteiger partial charge in [-0.1, -0.05) is 46.3 Å². The quantitative estimate of drug-likeness (QED) is 0.362. The van der Waals surface area contributed by atoms with Crippen molar-refractivity contribution in [2.45, 2.75) is 0 Å². The number of rotatable bonds is 3. The van der Waals surface area contributed by atoms with Crippen LogP contribution in [0.25, 0.3) is 27.4 Å². The van der Waals surface area contributed by atoms with Crippen LogP contribution in [0.15, 0.2) is 95.7 Å². The number of anilines is 1. The minimum atomic E-state index is -0.228. The zero-order valence-corrected chi connectivity index (χ0v) is 16.9. The molecule has 0 aliphatic rings. The molecular weight excluding hydrogens is 426 g/mol. The summed E-state index contributed by atoms with van der Waals surface area (Å²) >= 11 is 3.54. The maximum atomic E-state index is 12.7. The molecule has 0 saturated heterocycles. The van der Waals surface area contributed by atoms with Gasteiger partial charge in [0.05, 0.1) is 16.9 Å². The summed E-state index contributed by atoms with van der Waals surface area (Å²) in [5.41, 5.74) is 3.26. The highest BCUT2D eigenvalue weighted by Crippen LogP contribution is 2.33. The van der Waals surface area contributed by atoms with Gasteiger partial charge >= 0.3 is 0 Å². The summed E-state index contributed by atoms with van der Waals surface area (Å²) < 4.78 is 3.20. The van der Waals surface area contributed by atoms with E-state index >= 15 is 0 Å². The van der Waals surface area contributed by atoms with Crippen molar-refractivity contribution in [2.75, 3.05) is 5.32 Å². The molecule has 0 spiro atoms. The van der Waals surface area contributed by atoms with Gasteiger partial charge < -0.3 is 9.88 Å². The van der Waals surface area contributed by atoms with Crippen molar-refractivity contribution in [3.8, 4) is 5.69 Å². The molecule has 5 aromatic rings. The molecule has 0 atom stereocenters. The average molecular weight is 442 g/mol. The number of fused-ring (bicyclic) bond motifs is 2. The van der Waals surface area contributed by atoms with Gasteiger partial charge in [-0.05, 0) is 53.9 Å². The lowest BCUT2D eigenvalue weighted by Gasteiger charge is -2.14. The van der Waals surface area contributed by atoms with Crippen molar-refractivity contribution in [2.24, 2.45) is 0 Å². The van der Waals surface area contributed by atoms with Gasteiger partial charge in [0, 0.05) is 27.6 Å². The van der Waals surface area contributed by atoms with Crippen molar-refractivity contribution < 1.29 is 4.79 Å². The second-order valence-electron chi connectivity index (χ2n) is 6.74. The normalized spacial score (nSPS) is 11.1. The van der Waals surface area contributed by atoms with Crippen LogP contribution in [0.2, 0.25) is 0 Å². The van der Waals surface area contributed by atoms with E-state index in [1.165, 1.54) is 0 Å². The van der Waals surface area contributed by atoms with Gasteiger partial charge in [-0.25, -0.2) is 0 Å². The molecule has 0 radical (unpaired) electrons. The van der Waals surface area contributed by atoms with Crippen molar-refractivity contribution >= 4 is 49.2 Å². The first-order chi connectivity index (χ1) is 14.2. The highest BCUT2D eigenvalue weighted by atomic mass is 79.9. The summed E-state index contributed by atoms with van der Waals surface area (Å²) in [6.45, 7) is 0. The zero-order chi connectivity index (χ0) is 19.8. The lowest BCUT2D eigenvalue weighted by atomic mass is 10.1. The van der Waals surface area contributed by atoms with Crippen LogP contribution in [0.1, 0.15) is 10.5 Å². The van der Waals surface area contributed by atoms with Crippen molar-refractivity contribution in [1.29, 1.82) is 0 Å². The van der Waals surface area contributed by atoms with Gasteiger partial charge in [-0.15, -0.1) is 0 Å². The number of amides is 1. The summed E-state index contributed by atoms with van der Waals surface area (Å²) in [4.78, 5) is 16.9. The molecule has 1 amide bonds. The van der Waals surface area contributed by atoms with E-state index in [1.54, 1.807) is 24.4 Å². The molecular formula is C24H16BrN3O. The van der Waals surface area contributed by atoms with E-state index in [1.807, 2.05) is 24.3 Å². The number of aromatic nitrogens is 2. The Bertz CT molecular complexity index is 1350. The lowest BCUT2D eigenvalue weighted by molar-refractivity contribution is 0.102. The van der Waals surface area contributed by atoms with Crippen LogP contribution in [0.5, 0.6) is 0 Å². The largest absolute Gasteiger partial charge is 0.320 e. The number of pyridine rings is 1. The summed E-state index contributed by atoms with van der Waals surface area (Å²) in [5.74, 6) is -0.228. The maximum Gasteiger partial charge on any atom is 0.274 e. The van der Waals surface area contributed by atoms with Gasteiger partial charge in [-0.2, -0.15) is 0 Å². The Kier molecular flexibility index (Phi) is 4.37. The number of nitrogens with one attached hydrogen (secondary N) is 1. The average Bonchev–Trinajstić information content (AvgIpc) is 3.17. The molecule has 4 nitrogen and oxygen atoms in total. The van der Waals surface area contributed by atoms with Crippen molar-refractivity contribution in [3.05, 3.63) is 101 Å². The second kappa shape index (κ2) is 7.18. The molecule has 5 heteroatoms. The Labute approximate surface area is 175 Å². The topological polar surface area (TPSA) is 46.9 Å². The molecule has 1 N–H and O–H groups in total. The molecule has 2 aromatic heterocycles. The number of hydrogen-bond donors (Lipinski definition) is 1. The molecule has 2 heterocycles. The fourth-order valence-corrected chi connectivity index (χ4v) is 4.01. The Balaban J connectivity index is 1.68. The van der Waals surface area contributed by atoms with E-state index < -0.39 is 0 Å². The molecule has 0 bridgehead atoms. The van der Waals surface area contributed by atoms with Crippen LogP contribution in [-0.4, -0.2) is 15.5 Å². The van der Waals surface area contributed by atoms with E-state index in [0.717, 1.165) is 37.5 Å². The van der Waals surface area contributed by atoms with Crippen LogP contribution in [0, 0.1) is 0 Å². The number of carbonyl (C=O) groups excluding carboxylic acids is 1. The fourth-order valence-electron chi connectivity index (χ4n) is 3.63. The molecule has 0 saturated carbocycles. The molecule has 29 heavy (non-hydrogen) atoms. The standard InChI is InChI=1S/C24H16BrN3O/c25-18-10-11-21-17(15-18)12-14-28(21)22-9-4-6-16-5-3-8-19(23(16)22)27-24(29)20-7-1-2-13-26-20/h1-15H,(H,27,29). The first kappa shape index (κ1) is 17.6. The number of carbonyl (C=O) groups is 1. The second-order valence-corrected chi connectivity index (χ2v) is 7.65. The van der Waals surface area contributed by atoms with Gasteiger partial charge in [0.25, 0.3) is 5.91 Å². The summed E-state index contributed by atoms with van der Waals surface area (Å²) in [7, 11) is 0. The fraction of sp³-hybridized carbons (Fsp3) is 0. The van der Waals surface area contributed by atoms with Gasteiger partial charge in [0.15, 0.2) is 0 Å². The van der Waals surface area contributed by atoms with Crippen LogP contribution in [-0.2, 0) is 0 Å². The number of halogens is 1. The van der Waals surface area contributed by atoms with Gasteiger partial charge in [-0.3, -0.25) is 9.78 Å². The van der Waals surface area contributed by atoms with Crippen LogP contribution in [0.3, 0.4) is 0 Å². The predicted molar refractivity (Wildman–Crippen MR) is 121 cm³/mol. The molecule has 0 aliphatic carbocycles. The Morgan fingerprint density at radius 3 is 2.59 bits per heavy atom. The monoisotopic (exact) mass is 441 g/mol. The first-order valence-corrected chi connectivity index (χ1v) is 10.0. The van der Waals surface area contributed by atoms with E-state index in [2.05, 4.69) is 73.4 Å². The smallest absolute Gasteiger partial charge is 0.274 e. The molecule has 0 unspecified atom stereocenters. The minimum Gasteiger partial charge on any atom is -0.320 e.